The van der Waals surface area contributed by atoms with Gasteiger partial charge in [0.15, 0.2) is 23.2 Å². The highest BCUT2D eigenvalue weighted by Crippen LogP contribution is 2.55. The molecular formula is C26H35NO7. The number of hydrogen-bond donors (Lipinski definition) is 2. The zero-order chi connectivity index (χ0) is 24.3. The lowest BCUT2D eigenvalue weighted by atomic mass is 9.77. The molecule has 1 fully saturated rings. The third kappa shape index (κ3) is 3.85. The van der Waals surface area contributed by atoms with Gasteiger partial charge in [0.05, 0.1) is 24.2 Å². The van der Waals surface area contributed by atoms with Crippen LogP contribution in [0.4, 0.5) is 0 Å². The first kappa shape index (κ1) is 23.5. The number of methoxy groups -OCH3 is 1. The van der Waals surface area contributed by atoms with Crippen molar-refractivity contribution in [3.63, 3.8) is 0 Å². The highest BCUT2D eigenvalue weighted by atomic mass is 16.7. The summed E-state index contributed by atoms with van der Waals surface area (Å²) < 4.78 is 23.2. The average molecular weight is 474 g/mol. The number of benzene rings is 1. The van der Waals surface area contributed by atoms with Crippen LogP contribution in [-0.2, 0) is 20.7 Å². The molecule has 0 bridgehead atoms. The number of carbonyl (C=O) groups excluding carboxylic acids is 1. The standard InChI is InChI=1S/C26H35NO7/c1-24(2,29)8-9-25(3,30)23(28)34-22-20(31-4)14-26-7-5-10-27(26)11-6-16-12-18-19(33-15-32-18)13-17(16)21(22)26/h12-14,21-22,29-30H,5-11,15H2,1-4H3/t21-,22-,25+,26+/m1/s1. The first-order chi connectivity index (χ1) is 16.0. The summed E-state index contributed by atoms with van der Waals surface area (Å²) >= 11 is 0. The fraction of sp³-hybridized carbons (Fsp3) is 0.654. The van der Waals surface area contributed by atoms with E-state index < -0.39 is 23.3 Å². The van der Waals surface area contributed by atoms with Crippen LogP contribution in [0.15, 0.2) is 24.0 Å². The van der Waals surface area contributed by atoms with Gasteiger partial charge in [0.1, 0.15) is 5.76 Å². The number of esters is 1. The monoisotopic (exact) mass is 473 g/mol. The molecule has 2 N–H and O–H groups in total. The van der Waals surface area contributed by atoms with Crippen LogP contribution in [0.3, 0.4) is 0 Å². The van der Waals surface area contributed by atoms with E-state index >= 15 is 0 Å². The summed E-state index contributed by atoms with van der Waals surface area (Å²) in [6, 6.07) is 4.09. The zero-order valence-corrected chi connectivity index (χ0v) is 20.4. The molecule has 1 aromatic carbocycles. The second-order valence-corrected chi connectivity index (χ2v) is 10.9. The Kier molecular flexibility index (Phi) is 5.61. The Balaban J connectivity index is 1.52. The van der Waals surface area contributed by atoms with E-state index in [2.05, 4.69) is 17.0 Å². The Bertz CT molecular complexity index is 1010. The van der Waals surface area contributed by atoms with E-state index in [1.54, 1.807) is 21.0 Å². The second-order valence-electron chi connectivity index (χ2n) is 10.9. The molecule has 1 saturated heterocycles. The number of nitrogens with zero attached hydrogens (tertiary/aromatic N) is 1. The SMILES string of the molecule is COC1=C[C@]23CCCN2CCc2cc4c(cc2[C@@H]3[C@@H]1OC(=O)[C@@](C)(O)CCC(C)(C)O)OCO4. The molecule has 0 amide bonds. The minimum Gasteiger partial charge on any atom is -0.497 e. The van der Waals surface area contributed by atoms with Gasteiger partial charge in [-0.3, -0.25) is 4.90 Å². The molecule has 4 aliphatic rings. The van der Waals surface area contributed by atoms with Crippen molar-refractivity contribution in [3.05, 3.63) is 35.1 Å². The van der Waals surface area contributed by atoms with Crippen molar-refractivity contribution in [2.45, 2.75) is 81.6 Å². The minimum absolute atomic E-state index is 0.0886. The van der Waals surface area contributed by atoms with Crippen LogP contribution in [0.25, 0.3) is 0 Å². The third-order valence-electron chi connectivity index (χ3n) is 7.86. The lowest BCUT2D eigenvalue weighted by Gasteiger charge is -2.39. The van der Waals surface area contributed by atoms with Crippen LogP contribution in [0, 0.1) is 0 Å². The number of ether oxygens (including phenoxy) is 4. The maximum Gasteiger partial charge on any atom is 0.338 e. The molecule has 0 aromatic heterocycles. The van der Waals surface area contributed by atoms with Gasteiger partial charge in [-0.2, -0.15) is 0 Å². The molecule has 8 nitrogen and oxygen atoms in total. The van der Waals surface area contributed by atoms with Gasteiger partial charge in [-0.05, 0) is 88.8 Å². The Morgan fingerprint density at radius 2 is 1.91 bits per heavy atom. The van der Waals surface area contributed by atoms with E-state index in [1.165, 1.54) is 6.92 Å². The molecule has 0 radical (unpaired) electrons. The van der Waals surface area contributed by atoms with Gasteiger partial charge < -0.3 is 29.2 Å². The fourth-order valence-electron chi connectivity index (χ4n) is 5.99. The molecule has 8 heteroatoms. The third-order valence-corrected chi connectivity index (χ3v) is 7.86. The van der Waals surface area contributed by atoms with Gasteiger partial charge in [0.25, 0.3) is 0 Å². The summed E-state index contributed by atoms with van der Waals surface area (Å²) in [6.45, 7) is 6.81. The maximum absolute atomic E-state index is 13.3. The first-order valence-electron chi connectivity index (χ1n) is 12.1. The molecule has 5 rings (SSSR count). The van der Waals surface area contributed by atoms with E-state index in [0.29, 0.717) is 11.5 Å². The van der Waals surface area contributed by atoms with Crippen molar-refractivity contribution in [2.24, 2.45) is 0 Å². The molecule has 0 unspecified atom stereocenters. The average Bonchev–Trinajstić information content (AvgIpc) is 3.45. The van der Waals surface area contributed by atoms with E-state index in [9.17, 15) is 15.0 Å². The summed E-state index contributed by atoms with van der Waals surface area (Å²) in [5, 5.41) is 21.0. The lowest BCUT2D eigenvalue weighted by molar-refractivity contribution is -0.172. The van der Waals surface area contributed by atoms with Gasteiger partial charge in [-0.25, -0.2) is 4.79 Å². The van der Waals surface area contributed by atoms with Crippen molar-refractivity contribution in [2.75, 3.05) is 27.0 Å². The zero-order valence-electron chi connectivity index (χ0n) is 20.4. The molecule has 3 aliphatic heterocycles. The van der Waals surface area contributed by atoms with Gasteiger partial charge in [-0.15, -0.1) is 0 Å². The Labute approximate surface area is 200 Å². The first-order valence-corrected chi connectivity index (χ1v) is 12.1. The van der Waals surface area contributed by atoms with Crippen molar-refractivity contribution in [1.82, 2.24) is 4.90 Å². The van der Waals surface area contributed by atoms with Crippen LogP contribution in [0.1, 0.15) is 63.5 Å². The van der Waals surface area contributed by atoms with E-state index in [-0.39, 0.29) is 31.1 Å². The molecule has 1 spiro atoms. The summed E-state index contributed by atoms with van der Waals surface area (Å²) in [6.07, 6.45) is 4.66. The Hall–Kier alpha value is -2.29. The largest absolute Gasteiger partial charge is 0.497 e. The van der Waals surface area contributed by atoms with Crippen molar-refractivity contribution >= 4 is 5.97 Å². The predicted molar refractivity (Wildman–Crippen MR) is 124 cm³/mol. The molecule has 1 aliphatic carbocycles. The van der Waals surface area contributed by atoms with Gasteiger partial charge in [0.2, 0.25) is 6.79 Å². The van der Waals surface area contributed by atoms with Crippen LogP contribution in [0.5, 0.6) is 11.5 Å². The van der Waals surface area contributed by atoms with Crippen molar-refractivity contribution in [3.8, 4) is 11.5 Å². The van der Waals surface area contributed by atoms with Crippen LogP contribution in [-0.4, -0.2) is 70.9 Å². The number of rotatable bonds is 6. The maximum atomic E-state index is 13.3. The summed E-state index contributed by atoms with van der Waals surface area (Å²) in [7, 11) is 1.60. The highest BCUT2D eigenvalue weighted by molar-refractivity contribution is 5.79. The quantitative estimate of drug-likeness (QED) is 0.609. The summed E-state index contributed by atoms with van der Waals surface area (Å²) in [5.41, 5.74) is -0.818. The van der Waals surface area contributed by atoms with Gasteiger partial charge >= 0.3 is 5.97 Å². The minimum atomic E-state index is -1.73. The van der Waals surface area contributed by atoms with E-state index in [0.717, 1.165) is 49.2 Å². The molecule has 186 valence electrons. The number of fused-ring (bicyclic) bond motifs is 3. The molecule has 34 heavy (non-hydrogen) atoms. The Morgan fingerprint density at radius 1 is 1.18 bits per heavy atom. The fourth-order valence-corrected chi connectivity index (χ4v) is 5.99. The van der Waals surface area contributed by atoms with Crippen molar-refractivity contribution in [1.29, 1.82) is 0 Å². The number of carbonyl (C=O) groups is 1. The molecule has 4 atom stereocenters. The highest BCUT2D eigenvalue weighted by Gasteiger charge is 2.58. The van der Waals surface area contributed by atoms with Crippen LogP contribution < -0.4 is 9.47 Å². The van der Waals surface area contributed by atoms with Gasteiger partial charge in [0, 0.05) is 6.54 Å². The number of aliphatic hydroxyl groups is 2. The smallest absolute Gasteiger partial charge is 0.338 e. The topological polar surface area (TPSA) is 97.7 Å². The molecule has 3 heterocycles. The number of hydrogen-bond acceptors (Lipinski definition) is 8. The van der Waals surface area contributed by atoms with Gasteiger partial charge in [-0.1, -0.05) is 0 Å². The molecular weight excluding hydrogens is 438 g/mol. The lowest BCUT2D eigenvalue weighted by Crippen LogP contribution is -2.48. The summed E-state index contributed by atoms with van der Waals surface area (Å²) in [5.74, 6) is 1.15. The Morgan fingerprint density at radius 3 is 2.62 bits per heavy atom. The predicted octanol–water partition coefficient (Wildman–Crippen LogP) is 2.65. The molecule has 0 saturated carbocycles. The van der Waals surface area contributed by atoms with Crippen LogP contribution >= 0.6 is 0 Å². The van der Waals surface area contributed by atoms with Crippen molar-refractivity contribution < 1.29 is 34.0 Å². The van der Waals surface area contributed by atoms with Crippen LogP contribution in [0.2, 0.25) is 0 Å². The van der Waals surface area contributed by atoms with E-state index in [4.69, 9.17) is 18.9 Å². The molecule has 1 aromatic rings. The van der Waals surface area contributed by atoms with E-state index in [1.807, 2.05) is 6.07 Å². The normalized spacial score (nSPS) is 29.4. The second kappa shape index (κ2) is 8.14. The summed E-state index contributed by atoms with van der Waals surface area (Å²) in [4.78, 5) is 15.7.